The summed E-state index contributed by atoms with van der Waals surface area (Å²) in [6, 6.07) is 0. The highest BCUT2D eigenvalue weighted by molar-refractivity contribution is 7.47. The predicted octanol–water partition coefficient (Wildman–Crippen LogP) is 23.6. The highest BCUT2D eigenvalue weighted by atomic mass is 31.2. The van der Waals surface area contributed by atoms with E-state index in [9.17, 15) is 19.0 Å². The van der Waals surface area contributed by atoms with Crippen LogP contribution in [0.3, 0.4) is 0 Å². The van der Waals surface area contributed by atoms with E-state index in [1.165, 1.54) is 161 Å². The second kappa shape index (κ2) is 67.5. The first-order valence-electron chi connectivity index (χ1n) is 35.9. The summed E-state index contributed by atoms with van der Waals surface area (Å²) in [6.07, 6.45) is 98.4. The molecule has 0 aliphatic heterocycles. The average Bonchev–Trinajstić information content (AvgIpc) is 3.68. The van der Waals surface area contributed by atoms with Gasteiger partial charge in [0.15, 0.2) is 6.10 Å². The minimum Gasteiger partial charge on any atom is -0.462 e. The summed E-state index contributed by atoms with van der Waals surface area (Å²) >= 11 is 0. The van der Waals surface area contributed by atoms with Crippen LogP contribution in [0.5, 0.6) is 0 Å². The second-order valence-corrected chi connectivity index (χ2v) is 26.3. The number of allylic oxidation sites excluding steroid dienone is 22. The summed E-state index contributed by atoms with van der Waals surface area (Å²) in [5, 5.41) is 0. The molecule has 0 aliphatic rings. The van der Waals surface area contributed by atoms with Crippen molar-refractivity contribution < 1.29 is 42.1 Å². The summed E-state index contributed by atoms with van der Waals surface area (Å²) in [4.78, 5) is 35.9. The Morgan fingerprint density at radius 3 is 0.966 bits per heavy atom. The molecule has 88 heavy (non-hydrogen) atoms. The summed E-state index contributed by atoms with van der Waals surface area (Å²) in [7, 11) is 1.47. The number of phosphoric acid groups is 1. The second-order valence-electron chi connectivity index (χ2n) is 24.9. The minimum absolute atomic E-state index is 0.0261. The molecule has 1 N–H and O–H groups in total. The molecule has 0 aromatic heterocycles. The van der Waals surface area contributed by atoms with E-state index in [1.807, 2.05) is 21.1 Å². The first-order chi connectivity index (χ1) is 43.0. The van der Waals surface area contributed by atoms with Crippen molar-refractivity contribution in [2.45, 2.75) is 302 Å². The van der Waals surface area contributed by atoms with Gasteiger partial charge in [-0.3, -0.25) is 18.6 Å². The van der Waals surface area contributed by atoms with Crippen LogP contribution in [0.25, 0.3) is 0 Å². The van der Waals surface area contributed by atoms with Crippen LogP contribution in [0, 0.1) is 0 Å². The van der Waals surface area contributed by atoms with Gasteiger partial charge in [0.25, 0.3) is 0 Å². The van der Waals surface area contributed by atoms with Crippen LogP contribution < -0.4 is 0 Å². The van der Waals surface area contributed by atoms with E-state index in [0.29, 0.717) is 17.4 Å². The Morgan fingerprint density at radius 2 is 0.648 bits per heavy atom. The zero-order valence-corrected chi connectivity index (χ0v) is 58.3. The van der Waals surface area contributed by atoms with Crippen molar-refractivity contribution in [3.8, 4) is 0 Å². The quantitative estimate of drug-likeness (QED) is 0.0211. The average molecular weight is 1250 g/mol. The Balaban J connectivity index is 4.06. The molecule has 2 unspecified atom stereocenters. The number of rotatable bonds is 65. The van der Waals surface area contributed by atoms with Gasteiger partial charge in [-0.15, -0.1) is 0 Å². The van der Waals surface area contributed by atoms with Crippen LogP contribution >= 0.6 is 7.82 Å². The molecule has 0 aliphatic carbocycles. The van der Waals surface area contributed by atoms with Crippen molar-refractivity contribution in [1.29, 1.82) is 0 Å². The maximum Gasteiger partial charge on any atom is 0.472 e. The number of quaternary nitrogens is 1. The van der Waals surface area contributed by atoms with Crippen LogP contribution in [0.15, 0.2) is 134 Å². The molecule has 0 spiro atoms. The van der Waals surface area contributed by atoms with Crippen LogP contribution in [0.1, 0.15) is 296 Å². The van der Waals surface area contributed by atoms with Gasteiger partial charge in [0.2, 0.25) is 0 Å². The van der Waals surface area contributed by atoms with E-state index in [4.69, 9.17) is 18.5 Å². The molecule has 0 rings (SSSR count). The molecule has 0 saturated heterocycles. The predicted molar refractivity (Wildman–Crippen MR) is 381 cm³/mol. The van der Waals surface area contributed by atoms with E-state index in [2.05, 4.69) is 148 Å². The Labute approximate surface area is 542 Å². The van der Waals surface area contributed by atoms with Gasteiger partial charge in [0, 0.05) is 12.8 Å². The normalized spacial score (nSPS) is 13.9. The first-order valence-corrected chi connectivity index (χ1v) is 37.4. The van der Waals surface area contributed by atoms with Gasteiger partial charge in [-0.25, -0.2) is 4.57 Å². The van der Waals surface area contributed by atoms with Gasteiger partial charge in [-0.2, -0.15) is 0 Å². The molecule has 2 atom stereocenters. The van der Waals surface area contributed by atoms with E-state index < -0.39 is 26.5 Å². The lowest BCUT2D eigenvalue weighted by molar-refractivity contribution is -0.870. The molecule has 0 amide bonds. The highest BCUT2D eigenvalue weighted by Crippen LogP contribution is 2.43. The molecule has 0 aromatic rings. The van der Waals surface area contributed by atoms with Crippen LogP contribution in [-0.2, 0) is 32.7 Å². The number of hydrogen-bond donors (Lipinski definition) is 1. The topological polar surface area (TPSA) is 108 Å². The molecule has 10 heteroatoms. The fraction of sp³-hybridized carbons (Fsp3) is 0.692. The van der Waals surface area contributed by atoms with Crippen molar-refractivity contribution in [3.63, 3.8) is 0 Å². The zero-order chi connectivity index (χ0) is 64.1. The third-order valence-corrected chi connectivity index (χ3v) is 16.1. The number of ether oxygens (including phenoxy) is 2. The number of likely N-dealkylation sites (N-methyl/N-ethyl adjacent to an activating group) is 1. The largest absolute Gasteiger partial charge is 0.472 e. The van der Waals surface area contributed by atoms with Crippen molar-refractivity contribution >= 4 is 19.8 Å². The lowest BCUT2D eigenvalue weighted by atomic mass is 10.0. The molecule has 504 valence electrons. The molecule has 9 nitrogen and oxygen atoms in total. The fourth-order valence-corrected chi connectivity index (χ4v) is 10.4. The van der Waals surface area contributed by atoms with E-state index in [1.54, 1.807) is 0 Å². The fourth-order valence-electron chi connectivity index (χ4n) is 9.69. The molecule has 0 fully saturated rings. The molecule has 0 bridgehead atoms. The van der Waals surface area contributed by atoms with Gasteiger partial charge in [-0.05, 0) is 116 Å². The first kappa shape index (κ1) is 84.2. The lowest BCUT2D eigenvalue weighted by Gasteiger charge is -2.24. The van der Waals surface area contributed by atoms with Crippen LogP contribution in [0.2, 0.25) is 0 Å². The van der Waals surface area contributed by atoms with E-state index in [-0.39, 0.29) is 32.0 Å². The van der Waals surface area contributed by atoms with Gasteiger partial charge >= 0.3 is 19.8 Å². The summed E-state index contributed by atoms with van der Waals surface area (Å²) in [6.45, 7) is 4.32. The Hall–Kier alpha value is -3.85. The van der Waals surface area contributed by atoms with Crippen LogP contribution in [0.4, 0.5) is 0 Å². The maximum atomic E-state index is 12.9. The number of phosphoric ester groups is 1. The van der Waals surface area contributed by atoms with Crippen molar-refractivity contribution in [1.82, 2.24) is 0 Å². The summed E-state index contributed by atoms with van der Waals surface area (Å²) in [5.41, 5.74) is 0. The van der Waals surface area contributed by atoms with Gasteiger partial charge in [0.05, 0.1) is 27.7 Å². The Bertz CT molecular complexity index is 1950. The maximum absolute atomic E-state index is 12.9. The van der Waals surface area contributed by atoms with Gasteiger partial charge in [-0.1, -0.05) is 302 Å². The monoisotopic (exact) mass is 1240 g/mol. The standard InChI is InChI=1S/C78H134NO8P/c1-6-8-10-12-14-16-18-20-22-24-26-28-30-32-33-34-35-36-37-38-39-40-41-42-43-44-45-47-49-51-53-55-57-59-61-63-65-67-69-71-78(81)87-76(75-86-88(82,83)85-73-72-79(3,4)5)74-84-77(80)70-68-66-64-62-60-58-56-54-52-50-48-46-31-29-27-25-23-21-19-17-15-13-11-9-7-2/h8,10,14,16,19-22,25-28,31-33,35-36,38-39,41-42,46,76H,6-7,9,11-13,15,17-18,23-24,29-30,34,37,40,43-45,47-75H2,1-5H3/p+1/b10-8-,16-14-,21-19-,22-20-,27-25-,28-26-,33-32-,36-35-,39-38-,42-41-,46-31-. The van der Waals surface area contributed by atoms with E-state index in [0.717, 1.165) is 103 Å². The summed E-state index contributed by atoms with van der Waals surface area (Å²) < 4.78 is 34.7. The van der Waals surface area contributed by atoms with Gasteiger partial charge in [0.1, 0.15) is 19.8 Å². The number of esters is 2. The van der Waals surface area contributed by atoms with Crippen molar-refractivity contribution in [2.75, 3.05) is 47.5 Å². The zero-order valence-electron chi connectivity index (χ0n) is 57.4. The third kappa shape index (κ3) is 71.2. The third-order valence-electron chi connectivity index (χ3n) is 15.2. The molecule has 0 saturated carbocycles. The highest BCUT2D eigenvalue weighted by Gasteiger charge is 2.27. The number of hydrogen-bond acceptors (Lipinski definition) is 7. The van der Waals surface area contributed by atoms with Gasteiger partial charge < -0.3 is 18.9 Å². The minimum atomic E-state index is -4.40. The number of carbonyl (C=O) groups is 2. The Kier molecular flexibility index (Phi) is 64.6. The molecular formula is C78H135NO8P+. The lowest BCUT2D eigenvalue weighted by Crippen LogP contribution is -2.37. The SMILES string of the molecule is CC/C=C\C/C=C\C/C=C\C/C=C\C/C=C\C/C=C\C/C=C\C/C=C\CCCCCCCCCCCCCCCCC(=O)OC(COC(=O)CCCCCCCCCCCC/C=C\C/C=C\C/C=C\CCCCCCC)COP(=O)(O)OCC[N+](C)(C)C. The molecular weight excluding hydrogens is 1110 g/mol. The van der Waals surface area contributed by atoms with Crippen LogP contribution in [-0.4, -0.2) is 74.9 Å². The number of nitrogens with zero attached hydrogens (tertiary/aromatic N) is 1. The van der Waals surface area contributed by atoms with Crippen molar-refractivity contribution in [2.24, 2.45) is 0 Å². The smallest absolute Gasteiger partial charge is 0.462 e. The molecule has 0 heterocycles. The van der Waals surface area contributed by atoms with E-state index >= 15 is 0 Å². The Morgan fingerprint density at radius 1 is 0.364 bits per heavy atom. The number of carbonyl (C=O) groups excluding carboxylic acids is 2. The molecule has 0 aromatic carbocycles. The van der Waals surface area contributed by atoms with Crippen molar-refractivity contribution in [3.05, 3.63) is 134 Å². The molecule has 0 radical (unpaired) electrons. The number of unbranched alkanes of at least 4 members (excludes halogenated alkanes) is 29. The summed E-state index contributed by atoms with van der Waals surface area (Å²) in [5.74, 6) is -0.801.